The molecule has 0 aromatic carbocycles. The molecule has 0 rings (SSSR count). The Labute approximate surface area is 247 Å². The molecule has 0 aliphatic heterocycles. The third-order valence-electron chi connectivity index (χ3n) is 0. The fraction of sp³-hybridized carbons (Fsp3) is 0. The van der Waals surface area contributed by atoms with Gasteiger partial charge in [0.05, 0.1) is 0 Å². The Morgan fingerprint density at radius 2 is 0.125 bits per heavy atom. The van der Waals surface area contributed by atoms with Crippen LogP contribution in [0.2, 0.25) is 0 Å². The minimum Gasteiger partial charge on any atom is -1.00 e. The molecule has 0 aliphatic carbocycles. The van der Waals surface area contributed by atoms with Gasteiger partial charge >= 0.3 is 151 Å². The monoisotopic (exact) mass is 352 g/mol. The Bertz CT molecular complexity index is 48.0. The van der Waals surface area contributed by atoms with Crippen LogP contribution >= 0.6 is 0 Å². The fourth-order valence-corrected chi connectivity index (χ4v) is 0. The van der Waals surface area contributed by atoms with Crippen LogP contribution in [-0.2, 0) is 0 Å². The van der Waals surface area contributed by atoms with E-state index < -0.39 is 0 Å². The first-order chi connectivity index (χ1) is 0. The van der Waals surface area contributed by atoms with Crippen molar-refractivity contribution in [3.63, 3.8) is 0 Å². The maximum Gasteiger partial charge on any atom is 1.00 e. The average molecular weight is 352 g/mol. The van der Waals surface area contributed by atoms with E-state index in [4.69, 9.17) is 0 Å². The number of hydrogen-bond acceptors (Lipinski definition) is 0. The van der Waals surface area contributed by atoms with E-state index in [0.717, 1.165) is 0 Å². The Morgan fingerprint density at radius 3 is 0.125 bits per heavy atom. The van der Waals surface area contributed by atoms with E-state index in [9.17, 15) is 0 Å². The maximum atomic E-state index is 0. The summed E-state index contributed by atoms with van der Waals surface area (Å²) in [5, 5.41) is 0. The van der Waals surface area contributed by atoms with Gasteiger partial charge < -0.3 is 99.0 Å². The summed E-state index contributed by atoms with van der Waals surface area (Å²) in [5.74, 6) is 0. The van der Waals surface area contributed by atoms with Crippen LogP contribution in [0.5, 0.6) is 0 Å². The van der Waals surface area contributed by atoms with Gasteiger partial charge in [-0.05, 0) is 0 Å². The first-order valence-electron chi connectivity index (χ1n) is 0. The second-order valence-corrected chi connectivity index (χ2v) is 0. The number of rotatable bonds is 0. The summed E-state index contributed by atoms with van der Waals surface area (Å²) in [5.41, 5.74) is 0. The molecule has 0 fully saturated rings. The zero-order valence-electron chi connectivity index (χ0n) is 24.0. The van der Waals surface area contributed by atoms with Crippen LogP contribution < -0.4 is 151 Å². The quantitative estimate of drug-likeness (QED) is 0.366. The van der Waals surface area contributed by atoms with E-state index in [-0.39, 0.29) is 250 Å². The summed E-state index contributed by atoms with van der Waals surface area (Å²) in [7, 11) is 0. The topological polar surface area (TPSA) is 504 Å². The van der Waals surface area contributed by atoms with Crippen LogP contribution in [0.15, 0.2) is 0 Å². The molecule has 0 atom stereocenters. The summed E-state index contributed by atoms with van der Waals surface area (Å²) >= 11 is 0. The van der Waals surface area contributed by atoms with Gasteiger partial charge in [0.25, 0.3) is 0 Å². The Morgan fingerprint density at radius 1 is 0.125 bits per heavy atom. The Balaban J connectivity index is 0. The van der Waals surface area contributed by atoms with E-state index in [1.807, 2.05) is 0 Å². The largest absolute Gasteiger partial charge is 1.00 e. The van der Waals surface area contributed by atoms with Gasteiger partial charge in [0.2, 0.25) is 0 Å². The predicted octanol–water partition coefficient (Wildman–Crippen LogP) is -36.3. The molecule has 0 saturated carbocycles. The summed E-state index contributed by atoms with van der Waals surface area (Å²) in [6, 6.07) is 0. The third-order valence-corrected chi connectivity index (χ3v) is 0. The zero-order chi connectivity index (χ0) is 0. The smallest absolute Gasteiger partial charge is 1.00 e. The van der Waals surface area contributed by atoms with E-state index in [0.29, 0.717) is 0 Å². The second kappa shape index (κ2) is 1080. The van der Waals surface area contributed by atoms with Gasteiger partial charge in [0.15, 0.2) is 0 Å². The molecule has 0 aliphatic rings. The molecule has 24 heavy (non-hydrogen) atoms. The van der Waals surface area contributed by atoms with Gasteiger partial charge in [0.1, 0.15) is 0 Å². The van der Waals surface area contributed by atoms with E-state index in [1.54, 1.807) is 0 Å². The minimum atomic E-state index is 0. The molecule has 0 radical (unpaired) electrons. The van der Waals surface area contributed by atoms with E-state index in [2.05, 4.69) is 0 Å². The molecule has 24 heteroatoms. The standard InChI is InChI=1S/8Li.16H2O.8H/h;;;;;;;;16*1H2;;;;;;;;/q8*+1;;;;;;;;;;;;;;;;;8*-1. The molecule has 0 heterocycles. The molecule has 0 spiro atoms. The molecule has 0 saturated heterocycles. The van der Waals surface area contributed by atoms with Crippen molar-refractivity contribution in [1.29, 1.82) is 0 Å². The van der Waals surface area contributed by atoms with Crippen molar-refractivity contribution < 1.29 is 250 Å². The normalized spacial score (nSPS) is 0. The zero-order valence-corrected chi connectivity index (χ0v) is 16.0. The fourth-order valence-electron chi connectivity index (χ4n) is 0. The molecule has 0 aromatic rings. The van der Waals surface area contributed by atoms with Crippen molar-refractivity contribution in [3.8, 4) is 0 Å². The van der Waals surface area contributed by atoms with Crippen LogP contribution in [0.25, 0.3) is 0 Å². The Hall–Kier alpha value is 4.14. The maximum absolute atomic E-state index is 0. The summed E-state index contributed by atoms with van der Waals surface area (Å²) in [6.07, 6.45) is 0. The summed E-state index contributed by atoms with van der Waals surface area (Å²) in [4.78, 5) is 0. The Kier molecular flexibility index (Phi) is 54600. The van der Waals surface area contributed by atoms with Crippen LogP contribution in [0.3, 0.4) is 0 Å². The van der Waals surface area contributed by atoms with Crippen molar-refractivity contribution in [1.82, 2.24) is 0 Å². The average Bonchev–Trinajstić information content (AvgIpc) is 0. The van der Waals surface area contributed by atoms with E-state index in [1.165, 1.54) is 0 Å². The SMILES string of the molecule is O.O.O.O.O.O.O.O.O.O.O.O.O.O.O.O.[H-].[H-].[H-].[H-].[H-].[H-].[H-].[H-].[Li+].[Li+].[Li+].[Li+].[Li+].[Li+].[Li+].[Li+]. The molecule has 32 N–H and O–H groups in total. The molecule has 0 unspecified atom stereocenters. The molecule has 0 amide bonds. The third kappa shape index (κ3) is 964. The van der Waals surface area contributed by atoms with Gasteiger partial charge in [0, 0.05) is 0 Å². The molecule has 0 aromatic heterocycles. The van der Waals surface area contributed by atoms with Crippen LogP contribution in [-0.4, -0.2) is 87.6 Å². The first-order valence-corrected chi connectivity index (χ1v) is 0. The van der Waals surface area contributed by atoms with Crippen molar-refractivity contribution in [2.45, 2.75) is 0 Å². The van der Waals surface area contributed by atoms with Gasteiger partial charge in [-0.2, -0.15) is 0 Å². The van der Waals surface area contributed by atoms with Gasteiger partial charge in [-0.3, -0.25) is 0 Å². The number of hydrogen-bond donors (Lipinski definition) is 0. The van der Waals surface area contributed by atoms with Crippen molar-refractivity contribution in [3.05, 3.63) is 0 Å². The van der Waals surface area contributed by atoms with Crippen LogP contribution in [0.1, 0.15) is 11.4 Å². The van der Waals surface area contributed by atoms with Crippen molar-refractivity contribution in [2.75, 3.05) is 0 Å². The van der Waals surface area contributed by atoms with Gasteiger partial charge in [-0.25, -0.2) is 0 Å². The molecular weight excluding hydrogens is 312 g/mol. The van der Waals surface area contributed by atoms with Crippen LogP contribution in [0, 0.1) is 0 Å². The second-order valence-electron chi connectivity index (χ2n) is 0. The summed E-state index contributed by atoms with van der Waals surface area (Å²) in [6.45, 7) is 0. The molecular formula is H40Li8O16. The molecule has 0 bridgehead atoms. The minimum absolute atomic E-state index is 0. The predicted molar refractivity (Wildman–Crippen MR) is 66.7 cm³/mol. The van der Waals surface area contributed by atoms with Gasteiger partial charge in [-0.15, -0.1) is 0 Å². The van der Waals surface area contributed by atoms with Crippen LogP contribution in [0.4, 0.5) is 0 Å². The summed E-state index contributed by atoms with van der Waals surface area (Å²) < 4.78 is 0. The van der Waals surface area contributed by atoms with Gasteiger partial charge in [-0.1, -0.05) is 0 Å². The van der Waals surface area contributed by atoms with Crippen molar-refractivity contribution in [2.24, 2.45) is 0 Å². The van der Waals surface area contributed by atoms with Crippen molar-refractivity contribution >= 4 is 0 Å². The first kappa shape index (κ1) is 1210. The molecule has 16 nitrogen and oxygen atoms in total. The van der Waals surface area contributed by atoms with E-state index >= 15 is 0 Å². The molecule has 144 valence electrons.